The highest BCUT2D eigenvalue weighted by Crippen LogP contribution is 2.33. The van der Waals surface area contributed by atoms with Crippen LogP contribution >= 0.6 is 0 Å². The van der Waals surface area contributed by atoms with E-state index in [1.165, 1.54) is 0 Å². The normalized spacial score (nSPS) is 34.4. The fourth-order valence-corrected chi connectivity index (χ4v) is 1.15. The maximum atomic E-state index is 10.7. The largest absolute Gasteiger partial charge is 0.300 e. The molecule has 1 aliphatic rings. The van der Waals surface area contributed by atoms with Gasteiger partial charge in [-0.3, -0.25) is 4.79 Å². The van der Waals surface area contributed by atoms with E-state index >= 15 is 0 Å². The van der Waals surface area contributed by atoms with E-state index in [0.717, 1.165) is 6.42 Å². The molecule has 48 valence electrons. The third-order valence-corrected chi connectivity index (χ3v) is 1.89. The summed E-state index contributed by atoms with van der Waals surface area (Å²) in [5.74, 6) is 2.97. The van der Waals surface area contributed by atoms with Crippen molar-refractivity contribution in [3.63, 3.8) is 0 Å². The van der Waals surface area contributed by atoms with Crippen LogP contribution in [0, 0.1) is 17.8 Å². The summed E-state index contributed by atoms with van der Waals surface area (Å²) in [5.41, 5.74) is -0.114. The molecule has 1 unspecified atom stereocenters. The Labute approximate surface area is 55.4 Å². The van der Waals surface area contributed by atoms with Crippen molar-refractivity contribution in [2.45, 2.75) is 26.2 Å². The Morgan fingerprint density at radius 2 is 2.44 bits per heavy atom. The van der Waals surface area contributed by atoms with Crippen LogP contribution < -0.4 is 0 Å². The number of rotatable bonds is 0. The van der Waals surface area contributed by atoms with Gasteiger partial charge in [0.15, 0.2) is 0 Å². The first-order valence-electron chi connectivity index (χ1n) is 3.16. The van der Waals surface area contributed by atoms with Gasteiger partial charge < -0.3 is 0 Å². The van der Waals surface area contributed by atoms with Crippen molar-refractivity contribution in [1.29, 1.82) is 0 Å². The molecule has 0 aromatic heterocycles. The molecule has 0 heterocycles. The zero-order valence-corrected chi connectivity index (χ0v) is 5.61. The zero-order chi connectivity index (χ0) is 6.91. The van der Waals surface area contributed by atoms with E-state index in [1.54, 1.807) is 0 Å². The van der Waals surface area contributed by atoms with Crippen LogP contribution in [0.25, 0.3) is 0 Å². The van der Waals surface area contributed by atoms with Crippen molar-refractivity contribution >= 4 is 5.78 Å². The number of Topliss-reactive ketones (excluding diaryl/α,β-unsaturated/α-hetero) is 1. The Morgan fingerprint density at radius 1 is 1.78 bits per heavy atom. The standard InChI is InChI=1S/C8H10O/c1-3-8(2)5-4-7(9)6-8/h1H,4-6H2,2H3. The monoisotopic (exact) mass is 122 g/mol. The molecular formula is C8H10O. The highest BCUT2D eigenvalue weighted by atomic mass is 16.1. The Hall–Kier alpha value is -0.770. The molecule has 9 heavy (non-hydrogen) atoms. The summed E-state index contributed by atoms with van der Waals surface area (Å²) in [5, 5.41) is 0. The lowest BCUT2D eigenvalue weighted by atomic mass is 9.90. The number of carbonyl (C=O) groups excluding carboxylic acids is 1. The highest BCUT2D eigenvalue weighted by molar-refractivity contribution is 5.82. The van der Waals surface area contributed by atoms with Gasteiger partial charge in [0.2, 0.25) is 0 Å². The summed E-state index contributed by atoms with van der Waals surface area (Å²) >= 11 is 0. The number of terminal acetylenes is 1. The van der Waals surface area contributed by atoms with Gasteiger partial charge in [-0.05, 0) is 13.3 Å². The molecule has 0 radical (unpaired) electrons. The molecule has 1 atom stereocenters. The summed E-state index contributed by atoms with van der Waals surface area (Å²) in [6.45, 7) is 1.97. The first-order chi connectivity index (χ1) is 4.16. The average molecular weight is 122 g/mol. The quantitative estimate of drug-likeness (QED) is 0.443. The topological polar surface area (TPSA) is 17.1 Å². The van der Waals surface area contributed by atoms with Crippen molar-refractivity contribution in [1.82, 2.24) is 0 Å². The van der Waals surface area contributed by atoms with Gasteiger partial charge in [0.25, 0.3) is 0 Å². The van der Waals surface area contributed by atoms with Crippen molar-refractivity contribution in [2.75, 3.05) is 0 Å². The SMILES string of the molecule is C#CC1(C)CCC(=O)C1. The summed E-state index contributed by atoms with van der Waals surface area (Å²) in [6, 6.07) is 0. The molecule has 1 aliphatic carbocycles. The predicted molar refractivity (Wildman–Crippen MR) is 35.8 cm³/mol. The maximum absolute atomic E-state index is 10.7. The van der Waals surface area contributed by atoms with Crippen molar-refractivity contribution in [2.24, 2.45) is 5.41 Å². The van der Waals surface area contributed by atoms with Crippen LogP contribution in [0.1, 0.15) is 26.2 Å². The van der Waals surface area contributed by atoms with Gasteiger partial charge in [-0.1, -0.05) is 5.92 Å². The molecule has 0 saturated heterocycles. The average Bonchev–Trinajstić information content (AvgIpc) is 2.13. The van der Waals surface area contributed by atoms with Gasteiger partial charge in [-0.15, -0.1) is 6.42 Å². The summed E-state index contributed by atoms with van der Waals surface area (Å²) in [4.78, 5) is 10.7. The van der Waals surface area contributed by atoms with E-state index in [4.69, 9.17) is 6.42 Å². The molecule has 0 aromatic rings. The van der Waals surface area contributed by atoms with E-state index in [0.29, 0.717) is 18.6 Å². The molecular weight excluding hydrogens is 112 g/mol. The van der Waals surface area contributed by atoms with Gasteiger partial charge in [0.1, 0.15) is 5.78 Å². The van der Waals surface area contributed by atoms with Crippen LogP contribution in [-0.4, -0.2) is 5.78 Å². The second kappa shape index (κ2) is 1.88. The van der Waals surface area contributed by atoms with Crippen molar-refractivity contribution < 1.29 is 4.79 Å². The van der Waals surface area contributed by atoms with E-state index in [1.807, 2.05) is 6.92 Å². The number of ketones is 1. The molecule has 0 amide bonds. The Kier molecular flexibility index (Phi) is 1.32. The smallest absolute Gasteiger partial charge is 0.134 e. The van der Waals surface area contributed by atoms with E-state index in [9.17, 15) is 4.79 Å². The molecule has 0 N–H and O–H groups in total. The Balaban J connectivity index is 2.68. The highest BCUT2D eigenvalue weighted by Gasteiger charge is 2.31. The third-order valence-electron chi connectivity index (χ3n) is 1.89. The third kappa shape index (κ3) is 1.13. The van der Waals surface area contributed by atoms with Crippen LogP contribution in [0.2, 0.25) is 0 Å². The van der Waals surface area contributed by atoms with Crippen LogP contribution in [0.4, 0.5) is 0 Å². The first kappa shape index (κ1) is 6.35. The fourth-order valence-electron chi connectivity index (χ4n) is 1.15. The lowest BCUT2D eigenvalue weighted by Crippen LogP contribution is -2.07. The summed E-state index contributed by atoms with van der Waals surface area (Å²) < 4.78 is 0. The molecule has 1 saturated carbocycles. The second-order valence-electron chi connectivity index (χ2n) is 2.92. The number of carbonyl (C=O) groups is 1. The predicted octanol–water partition coefficient (Wildman–Crippen LogP) is 1.38. The fraction of sp³-hybridized carbons (Fsp3) is 0.625. The molecule has 0 spiro atoms. The molecule has 0 bridgehead atoms. The van der Waals surface area contributed by atoms with Crippen LogP contribution in [0.5, 0.6) is 0 Å². The van der Waals surface area contributed by atoms with E-state index in [2.05, 4.69) is 5.92 Å². The van der Waals surface area contributed by atoms with Gasteiger partial charge in [0, 0.05) is 18.3 Å². The Bertz CT molecular complexity index is 175. The van der Waals surface area contributed by atoms with Gasteiger partial charge >= 0.3 is 0 Å². The van der Waals surface area contributed by atoms with Gasteiger partial charge in [-0.2, -0.15) is 0 Å². The van der Waals surface area contributed by atoms with E-state index < -0.39 is 0 Å². The molecule has 0 aliphatic heterocycles. The molecule has 1 nitrogen and oxygen atoms in total. The second-order valence-corrected chi connectivity index (χ2v) is 2.92. The minimum atomic E-state index is -0.114. The van der Waals surface area contributed by atoms with Crippen molar-refractivity contribution in [3.8, 4) is 12.3 Å². The van der Waals surface area contributed by atoms with Crippen LogP contribution in [-0.2, 0) is 4.79 Å². The minimum absolute atomic E-state index is 0.114. The Morgan fingerprint density at radius 3 is 2.67 bits per heavy atom. The van der Waals surface area contributed by atoms with Gasteiger partial charge in [0.05, 0.1) is 0 Å². The van der Waals surface area contributed by atoms with Crippen LogP contribution in [0.3, 0.4) is 0 Å². The lowest BCUT2D eigenvalue weighted by molar-refractivity contribution is -0.117. The van der Waals surface area contributed by atoms with E-state index in [-0.39, 0.29) is 5.41 Å². The minimum Gasteiger partial charge on any atom is -0.300 e. The first-order valence-corrected chi connectivity index (χ1v) is 3.16. The molecule has 1 rings (SSSR count). The summed E-state index contributed by atoms with van der Waals surface area (Å²) in [6.07, 6.45) is 7.37. The van der Waals surface area contributed by atoms with Crippen molar-refractivity contribution in [3.05, 3.63) is 0 Å². The molecule has 1 heteroatoms. The summed E-state index contributed by atoms with van der Waals surface area (Å²) in [7, 11) is 0. The van der Waals surface area contributed by atoms with Crippen LogP contribution in [0.15, 0.2) is 0 Å². The van der Waals surface area contributed by atoms with Gasteiger partial charge in [-0.25, -0.2) is 0 Å². The zero-order valence-electron chi connectivity index (χ0n) is 5.61. The lowest BCUT2D eigenvalue weighted by Gasteiger charge is -2.11. The molecule has 1 fully saturated rings. The maximum Gasteiger partial charge on any atom is 0.134 e. The number of hydrogen-bond acceptors (Lipinski definition) is 1. The molecule has 0 aromatic carbocycles. The number of hydrogen-bond donors (Lipinski definition) is 0.